The normalized spacial score (nSPS) is 10.8. The molecule has 0 N–H and O–H groups in total. The quantitative estimate of drug-likeness (QED) is 0.161. The van der Waals surface area contributed by atoms with E-state index in [1.54, 1.807) is 0 Å². The van der Waals surface area contributed by atoms with Crippen LogP contribution in [0.1, 0.15) is 20.3 Å². The second-order valence-corrected chi connectivity index (χ2v) is 2.45. The van der Waals surface area contributed by atoms with Crippen LogP contribution in [0.15, 0.2) is 11.8 Å². The molecule has 0 fully saturated rings. The number of carbonyl (C=O) groups is 2. The molecule has 0 spiro atoms. The van der Waals surface area contributed by atoms with Crippen LogP contribution in [-0.4, -0.2) is 25.5 Å². The molecule has 4 heteroatoms. The van der Waals surface area contributed by atoms with Gasteiger partial charge in [-0.1, -0.05) is 6.92 Å². The number of esters is 1. The lowest BCUT2D eigenvalue weighted by molar-refractivity contribution is -0.137. The Bertz CT molecular complexity index is 218. The van der Waals surface area contributed by atoms with Gasteiger partial charge in [-0.25, -0.2) is 4.79 Å². The van der Waals surface area contributed by atoms with Crippen molar-refractivity contribution in [3.63, 3.8) is 0 Å². The van der Waals surface area contributed by atoms with Crippen molar-refractivity contribution in [1.29, 1.82) is 0 Å². The summed E-state index contributed by atoms with van der Waals surface area (Å²) in [7, 11) is 1.22. The molecule has 0 aromatic heterocycles. The van der Waals surface area contributed by atoms with Crippen molar-refractivity contribution in [2.24, 2.45) is 0 Å². The van der Waals surface area contributed by atoms with E-state index in [0.717, 1.165) is 12.7 Å². The summed E-state index contributed by atoms with van der Waals surface area (Å²) in [6.45, 7) is 3.70. The maximum absolute atomic E-state index is 11.0. The number of ether oxygens (including phenoxy) is 2. The first-order valence-corrected chi connectivity index (χ1v) is 4.04. The molecule has 13 heavy (non-hydrogen) atoms. The lowest BCUT2D eigenvalue weighted by atomic mass is 10.2. The molecule has 0 radical (unpaired) electrons. The zero-order valence-electron chi connectivity index (χ0n) is 8.12. The van der Waals surface area contributed by atoms with Gasteiger partial charge in [0.15, 0.2) is 5.78 Å². The van der Waals surface area contributed by atoms with Crippen molar-refractivity contribution in [3.8, 4) is 0 Å². The average Bonchev–Trinajstić information content (AvgIpc) is 2.11. The standard InChI is InChI=1S/C9H14O4/c1-4-5-13-6-8(7(2)10)9(11)12-3/h6H,4-5H2,1-3H3/b8-6-. The van der Waals surface area contributed by atoms with Crippen molar-refractivity contribution in [1.82, 2.24) is 0 Å². The Morgan fingerprint density at radius 2 is 2.00 bits per heavy atom. The van der Waals surface area contributed by atoms with Crippen LogP contribution in [-0.2, 0) is 19.1 Å². The minimum Gasteiger partial charge on any atom is -0.500 e. The van der Waals surface area contributed by atoms with Crippen LogP contribution in [0.3, 0.4) is 0 Å². The maximum atomic E-state index is 11.0. The van der Waals surface area contributed by atoms with Crippen LogP contribution in [0, 0.1) is 0 Å². The molecule has 0 heterocycles. The van der Waals surface area contributed by atoms with Gasteiger partial charge < -0.3 is 9.47 Å². The SMILES string of the molecule is CCCO/C=C(/C(C)=O)C(=O)OC. The van der Waals surface area contributed by atoms with Gasteiger partial charge in [0.25, 0.3) is 0 Å². The van der Waals surface area contributed by atoms with Crippen LogP contribution in [0.5, 0.6) is 0 Å². The molecular weight excluding hydrogens is 172 g/mol. The average molecular weight is 186 g/mol. The Morgan fingerprint density at radius 1 is 1.38 bits per heavy atom. The minimum absolute atomic E-state index is 0.0593. The van der Waals surface area contributed by atoms with E-state index < -0.39 is 5.97 Å². The number of hydrogen-bond donors (Lipinski definition) is 0. The van der Waals surface area contributed by atoms with Gasteiger partial charge in [-0.05, 0) is 13.3 Å². The number of hydrogen-bond acceptors (Lipinski definition) is 4. The Balaban J connectivity index is 4.32. The van der Waals surface area contributed by atoms with Crippen LogP contribution in [0.2, 0.25) is 0 Å². The van der Waals surface area contributed by atoms with E-state index in [4.69, 9.17) is 4.74 Å². The molecule has 0 aromatic carbocycles. The van der Waals surface area contributed by atoms with Gasteiger partial charge in [-0.3, -0.25) is 4.79 Å². The van der Waals surface area contributed by atoms with Gasteiger partial charge in [-0.2, -0.15) is 0 Å². The highest BCUT2D eigenvalue weighted by Crippen LogP contribution is 2.00. The summed E-state index contributed by atoms with van der Waals surface area (Å²) < 4.78 is 9.34. The molecular formula is C9H14O4. The molecule has 0 bridgehead atoms. The summed E-state index contributed by atoms with van der Waals surface area (Å²) in [5, 5.41) is 0. The molecule has 0 rings (SSSR count). The molecule has 0 amide bonds. The van der Waals surface area contributed by atoms with Gasteiger partial charge in [0, 0.05) is 0 Å². The smallest absolute Gasteiger partial charge is 0.344 e. The predicted molar refractivity (Wildman–Crippen MR) is 47.0 cm³/mol. The first-order valence-electron chi connectivity index (χ1n) is 4.04. The van der Waals surface area contributed by atoms with Crippen LogP contribution in [0.25, 0.3) is 0 Å². The number of Topliss-reactive ketones (excluding diaryl/α,β-unsaturated/α-hetero) is 1. The van der Waals surface area contributed by atoms with Crippen molar-refractivity contribution in [3.05, 3.63) is 11.8 Å². The first-order chi connectivity index (χ1) is 6.13. The lowest BCUT2D eigenvalue weighted by Crippen LogP contribution is -2.12. The van der Waals surface area contributed by atoms with Crippen molar-refractivity contribution >= 4 is 11.8 Å². The third-order valence-electron chi connectivity index (χ3n) is 1.31. The summed E-state index contributed by atoms with van der Waals surface area (Å²) in [6, 6.07) is 0. The predicted octanol–water partition coefficient (Wildman–Crippen LogP) is 1.06. The molecule has 0 atom stereocenters. The Labute approximate surface area is 77.5 Å². The van der Waals surface area contributed by atoms with Gasteiger partial charge in [0.1, 0.15) is 11.8 Å². The number of carbonyl (C=O) groups excluding carboxylic acids is 2. The second kappa shape index (κ2) is 6.22. The van der Waals surface area contributed by atoms with Crippen LogP contribution < -0.4 is 0 Å². The second-order valence-electron chi connectivity index (χ2n) is 2.45. The molecule has 4 nitrogen and oxygen atoms in total. The number of methoxy groups -OCH3 is 1. The summed E-state index contributed by atoms with van der Waals surface area (Å²) >= 11 is 0. The highest BCUT2D eigenvalue weighted by Gasteiger charge is 2.14. The summed E-state index contributed by atoms with van der Waals surface area (Å²) in [5.74, 6) is -1.02. The van der Waals surface area contributed by atoms with E-state index >= 15 is 0 Å². The molecule has 0 aromatic rings. The third-order valence-corrected chi connectivity index (χ3v) is 1.31. The van der Waals surface area contributed by atoms with E-state index in [9.17, 15) is 9.59 Å². The van der Waals surface area contributed by atoms with E-state index in [2.05, 4.69) is 4.74 Å². The van der Waals surface area contributed by atoms with Crippen LogP contribution in [0.4, 0.5) is 0 Å². The fraction of sp³-hybridized carbons (Fsp3) is 0.556. The fourth-order valence-electron chi connectivity index (χ4n) is 0.645. The van der Waals surface area contributed by atoms with Crippen LogP contribution >= 0.6 is 0 Å². The Kier molecular flexibility index (Phi) is 5.59. The van der Waals surface area contributed by atoms with Gasteiger partial charge >= 0.3 is 5.97 Å². The summed E-state index contributed by atoms with van der Waals surface area (Å²) in [4.78, 5) is 21.8. The molecule has 0 aliphatic heterocycles. The molecule has 0 unspecified atom stereocenters. The van der Waals surface area contributed by atoms with E-state index in [1.165, 1.54) is 14.0 Å². The third kappa shape index (κ3) is 4.30. The fourth-order valence-corrected chi connectivity index (χ4v) is 0.645. The lowest BCUT2D eigenvalue weighted by Gasteiger charge is -2.01. The highest BCUT2D eigenvalue weighted by molar-refractivity contribution is 6.16. The minimum atomic E-state index is -0.663. The van der Waals surface area contributed by atoms with E-state index in [-0.39, 0.29) is 11.4 Å². The highest BCUT2D eigenvalue weighted by atomic mass is 16.5. The number of rotatable bonds is 5. The molecule has 0 aliphatic rings. The number of ketones is 1. The Hall–Kier alpha value is -1.32. The Morgan fingerprint density at radius 3 is 2.38 bits per heavy atom. The van der Waals surface area contributed by atoms with Crippen molar-refractivity contribution in [2.45, 2.75) is 20.3 Å². The monoisotopic (exact) mass is 186 g/mol. The van der Waals surface area contributed by atoms with Gasteiger partial charge in [-0.15, -0.1) is 0 Å². The largest absolute Gasteiger partial charge is 0.500 e. The summed E-state index contributed by atoms with van der Waals surface area (Å²) in [5.41, 5.74) is -0.0593. The zero-order valence-corrected chi connectivity index (χ0v) is 8.12. The molecule has 0 saturated heterocycles. The summed E-state index contributed by atoms with van der Waals surface area (Å²) in [6.07, 6.45) is 1.97. The first kappa shape index (κ1) is 11.7. The van der Waals surface area contributed by atoms with Crippen molar-refractivity contribution < 1.29 is 19.1 Å². The topological polar surface area (TPSA) is 52.6 Å². The zero-order chi connectivity index (χ0) is 10.3. The van der Waals surface area contributed by atoms with Crippen molar-refractivity contribution in [2.75, 3.05) is 13.7 Å². The van der Waals surface area contributed by atoms with Gasteiger partial charge in [0.2, 0.25) is 0 Å². The molecule has 0 saturated carbocycles. The van der Waals surface area contributed by atoms with E-state index in [0.29, 0.717) is 6.61 Å². The molecule has 74 valence electrons. The van der Waals surface area contributed by atoms with E-state index in [1.807, 2.05) is 6.92 Å². The maximum Gasteiger partial charge on any atom is 0.344 e. The molecule has 0 aliphatic carbocycles. The van der Waals surface area contributed by atoms with Gasteiger partial charge in [0.05, 0.1) is 13.7 Å².